The standard InChI is InChI=1S/C86H106F2N2O4.Sc/c1-52-39-60(88)49-68(67-41-58(86(22,23)51-80(5,6)7)47-74(77(67)92)90-71-44-55(83(14,15)16)29-34-63(71)64-35-30-56(45-72(64)90)84(17,18)19)78(52)94-38-26-24-25-37-93-75-36-31-59(87)48-65(75)66-40-57(85(20,21)50-79(2,3)4)46-73(76(66)91)89-69-42-53(81(8,9)10)27-32-61(69)62-33-28-54(43-70(62)89)82(11,12)13;/h27-36,39-49,91-92H,24-26,37-38,50-51H2,1-23H3;. The number of phenols is 2. The van der Waals surface area contributed by atoms with E-state index in [-0.39, 0.29) is 80.7 Å². The molecule has 6 nitrogen and oxygen atoms in total. The van der Waals surface area contributed by atoms with Crippen molar-refractivity contribution in [1.82, 2.24) is 9.13 Å². The Hall–Kier alpha value is -6.71. The van der Waals surface area contributed by atoms with Crippen molar-refractivity contribution in [3.8, 4) is 56.6 Å². The van der Waals surface area contributed by atoms with Gasteiger partial charge in [-0.25, -0.2) is 8.78 Å². The number of unbranched alkanes of at least 4 members (excludes halogenated alkanes) is 2. The minimum Gasteiger partial charge on any atom is -0.505 e. The van der Waals surface area contributed by atoms with Gasteiger partial charge in [0.1, 0.15) is 34.6 Å². The molecule has 0 bridgehead atoms. The van der Waals surface area contributed by atoms with Gasteiger partial charge in [0.15, 0.2) is 0 Å². The first kappa shape index (κ1) is 72.6. The number of hydrogen-bond acceptors (Lipinski definition) is 4. The van der Waals surface area contributed by atoms with Gasteiger partial charge in [0.2, 0.25) is 0 Å². The normalized spacial score (nSPS) is 13.2. The van der Waals surface area contributed by atoms with E-state index >= 15 is 8.78 Å². The molecule has 0 aliphatic rings. The SMILES string of the molecule is Cc1cc(F)cc(-c2cc(C(C)(C)CC(C)(C)C)cc(-n3c4cc(C(C)(C)C)ccc4c4ccc(C(C)(C)C)cc43)c2O)c1OCCCCCOc1ccc(F)cc1-c1cc(C(C)(C)CC(C)(C)C)cc(-n2c3cc(C(C)(C)C)ccc3c3ccc(C(C)(C)C)cc32)c1O.[Sc]. The molecule has 10 aromatic rings. The second-order valence-electron chi connectivity index (χ2n) is 35.1. The molecule has 9 heteroatoms. The third-order valence-corrected chi connectivity index (χ3v) is 19.2. The summed E-state index contributed by atoms with van der Waals surface area (Å²) in [4.78, 5) is 0. The predicted octanol–water partition coefficient (Wildman–Crippen LogP) is 24.5. The molecule has 0 amide bonds. The van der Waals surface area contributed by atoms with Crippen LogP contribution in [0.5, 0.6) is 23.0 Å². The summed E-state index contributed by atoms with van der Waals surface area (Å²) in [5.74, 6) is 0.230. The Bertz CT molecular complexity index is 4390. The van der Waals surface area contributed by atoms with Crippen LogP contribution in [0, 0.1) is 29.4 Å². The van der Waals surface area contributed by atoms with Crippen molar-refractivity contribution in [2.24, 2.45) is 10.8 Å². The van der Waals surface area contributed by atoms with E-state index in [0.717, 1.165) is 74.0 Å². The minimum atomic E-state index is -0.433. The largest absolute Gasteiger partial charge is 0.505 e. The Morgan fingerprint density at radius 3 is 1.06 bits per heavy atom. The zero-order valence-electron chi connectivity index (χ0n) is 61.5. The number of halogens is 2. The van der Waals surface area contributed by atoms with E-state index in [2.05, 4.69) is 252 Å². The molecule has 0 atom stereocenters. The second-order valence-corrected chi connectivity index (χ2v) is 35.1. The van der Waals surface area contributed by atoms with Crippen molar-refractivity contribution in [2.45, 2.75) is 224 Å². The number of aryl methyl sites for hydroxylation is 1. The van der Waals surface area contributed by atoms with E-state index in [9.17, 15) is 10.2 Å². The average molecular weight is 1310 g/mol. The van der Waals surface area contributed by atoms with Gasteiger partial charge in [-0.15, -0.1) is 0 Å². The van der Waals surface area contributed by atoms with Crippen LogP contribution in [0.3, 0.4) is 0 Å². The van der Waals surface area contributed by atoms with Gasteiger partial charge in [-0.05, 0) is 200 Å². The van der Waals surface area contributed by atoms with Crippen molar-refractivity contribution < 1.29 is 54.3 Å². The number of hydrogen-bond donors (Lipinski definition) is 2. The van der Waals surface area contributed by atoms with E-state index < -0.39 is 11.6 Å². The van der Waals surface area contributed by atoms with Crippen LogP contribution in [-0.2, 0) is 58.3 Å². The molecular formula is C86H106F2N2O4Sc. The molecule has 501 valence electrons. The molecule has 0 fully saturated rings. The molecule has 8 aromatic carbocycles. The Morgan fingerprint density at radius 2 is 0.705 bits per heavy atom. The molecule has 0 unspecified atom stereocenters. The van der Waals surface area contributed by atoms with Crippen molar-refractivity contribution in [3.63, 3.8) is 0 Å². The third kappa shape index (κ3) is 15.2. The van der Waals surface area contributed by atoms with Gasteiger partial charge in [0.25, 0.3) is 0 Å². The number of rotatable bonds is 16. The number of phenolic OH excluding ortho intramolecular Hbond substituents is 2. The summed E-state index contributed by atoms with van der Waals surface area (Å²) in [6, 6.07) is 42.9. The number of fused-ring (bicyclic) bond motifs is 6. The van der Waals surface area contributed by atoms with Crippen LogP contribution in [0.1, 0.15) is 223 Å². The molecule has 0 aliphatic carbocycles. The number of ether oxygens (including phenoxy) is 2. The minimum absolute atomic E-state index is 0. The number of aromatic nitrogens is 2. The van der Waals surface area contributed by atoms with Crippen molar-refractivity contribution >= 4 is 43.6 Å². The molecule has 0 aliphatic heterocycles. The zero-order valence-corrected chi connectivity index (χ0v) is 63.3. The van der Waals surface area contributed by atoms with Gasteiger partial charge in [-0.2, -0.15) is 0 Å². The predicted molar refractivity (Wildman–Crippen MR) is 394 cm³/mol. The average Bonchev–Trinajstić information content (AvgIpc) is 1.62. The van der Waals surface area contributed by atoms with E-state index in [1.165, 1.54) is 46.5 Å². The van der Waals surface area contributed by atoms with Crippen LogP contribution >= 0.6 is 0 Å². The molecule has 2 aromatic heterocycles. The van der Waals surface area contributed by atoms with Crippen molar-refractivity contribution in [3.05, 3.63) is 178 Å². The summed E-state index contributed by atoms with van der Waals surface area (Å²) in [5.41, 5.74) is 13.2. The van der Waals surface area contributed by atoms with Gasteiger partial charge in [-0.3, -0.25) is 0 Å². The third-order valence-electron chi connectivity index (χ3n) is 19.2. The van der Waals surface area contributed by atoms with Crippen LogP contribution in [-0.4, -0.2) is 32.6 Å². The van der Waals surface area contributed by atoms with E-state index in [4.69, 9.17) is 9.47 Å². The van der Waals surface area contributed by atoms with Crippen LogP contribution in [0.15, 0.2) is 127 Å². The molecule has 0 saturated heterocycles. The molecular weight excluding hydrogens is 1210 g/mol. The summed E-state index contributed by atoms with van der Waals surface area (Å²) in [6.45, 7) is 51.8. The maximum atomic E-state index is 16.2. The number of benzene rings is 8. The van der Waals surface area contributed by atoms with Crippen LogP contribution in [0.25, 0.3) is 77.2 Å². The number of aromatic hydroxyl groups is 2. The van der Waals surface area contributed by atoms with Gasteiger partial charge in [0, 0.05) is 69.6 Å². The monoisotopic (exact) mass is 1310 g/mol. The summed E-state index contributed by atoms with van der Waals surface area (Å²) < 4.78 is 50.0. The summed E-state index contributed by atoms with van der Waals surface area (Å²) >= 11 is 0. The maximum Gasteiger partial charge on any atom is 0.147 e. The topological polar surface area (TPSA) is 68.8 Å². The quantitative estimate of drug-likeness (QED) is 0.0946. The fraction of sp³-hybridized carbons (Fsp3) is 0.442. The first-order valence-electron chi connectivity index (χ1n) is 34.2. The Labute approximate surface area is 585 Å². The summed E-state index contributed by atoms with van der Waals surface area (Å²) in [6.07, 6.45) is 3.74. The first-order valence-corrected chi connectivity index (χ1v) is 34.2. The fourth-order valence-corrected chi connectivity index (χ4v) is 14.7. The zero-order chi connectivity index (χ0) is 69.0. The molecule has 1 radical (unpaired) electrons. The van der Waals surface area contributed by atoms with E-state index in [1.807, 2.05) is 13.0 Å². The molecule has 95 heavy (non-hydrogen) atoms. The van der Waals surface area contributed by atoms with Gasteiger partial charge in [0.05, 0.1) is 46.7 Å². The van der Waals surface area contributed by atoms with Crippen molar-refractivity contribution in [1.29, 1.82) is 0 Å². The van der Waals surface area contributed by atoms with Crippen LogP contribution in [0.2, 0.25) is 0 Å². The maximum absolute atomic E-state index is 16.2. The van der Waals surface area contributed by atoms with Crippen LogP contribution < -0.4 is 9.47 Å². The molecule has 10 rings (SSSR count). The number of nitrogens with zero attached hydrogens (tertiary/aromatic N) is 2. The molecule has 2 heterocycles. The fourth-order valence-electron chi connectivity index (χ4n) is 14.7. The van der Waals surface area contributed by atoms with Crippen molar-refractivity contribution in [2.75, 3.05) is 13.2 Å². The van der Waals surface area contributed by atoms with Gasteiger partial charge in [-0.1, -0.05) is 201 Å². The smallest absolute Gasteiger partial charge is 0.147 e. The van der Waals surface area contributed by atoms with E-state index in [1.54, 1.807) is 6.07 Å². The summed E-state index contributed by atoms with van der Waals surface area (Å²) in [5, 5.41) is 30.6. The summed E-state index contributed by atoms with van der Waals surface area (Å²) in [7, 11) is 0. The Morgan fingerprint density at radius 1 is 0.358 bits per heavy atom. The first-order chi connectivity index (χ1) is 43.4. The second kappa shape index (κ2) is 25.9. The Kier molecular flexibility index (Phi) is 19.8. The molecule has 0 saturated carbocycles. The van der Waals surface area contributed by atoms with E-state index in [0.29, 0.717) is 76.7 Å². The Balaban J connectivity index is 0.0000106. The van der Waals surface area contributed by atoms with Gasteiger partial charge >= 0.3 is 0 Å². The molecule has 0 spiro atoms. The van der Waals surface area contributed by atoms with Crippen LogP contribution in [0.4, 0.5) is 8.78 Å². The molecule has 2 N–H and O–H groups in total. The van der Waals surface area contributed by atoms with Gasteiger partial charge < -0.3 is 28.8 Å².